The van der Waals surface area contributed by atoms with Gasteiger partial charge in [-0.05, 0) is 77.0 Å². The summed E-state index contributed by atoms with van der Waals surface area (Å²) >= 11 is 0. The van der Waals surface area contributed by atoms with Gasteiger partial charge in [-0.1, -0.05) is 0 Å². The first kappa shape index (κ1) is 20.4. The van der Waals surface area contributed by atoms with E-state index in [0.29, 0.717) is 0 Å². The van der Waals surface area contributed by atoms with Crippen molar-refractivity contribution in [1.82, 2.24) is 0 Å². The predicted octanol–water partition coefficient (Wildman–Crippen LogP) is 3.54. The Labute approximate surface area is 180 Å². The van der Waals surface area contributed by atoms with Crippen LogP contribution in [0.2, 0.25) is 0 Å². The Bertz CT molecular complexity index is 545. The van der Waals surface area contributed by atoms with Gasteiger partial charge in [0.15, 0.2) is 0 Å². The summed E-state index contributed by atoms with van der Waals surface area (Å²) in [5.41, 5.74) is -1.94. The van der Waals surface area contributed by atoms with Crippen LogP contribution in [-0.4, -0.2) is 74.3 Å². The molecule has 6 rings (SSSR count). The van der Waals surface area contributed by atoms with Gasteiger partial charge >= 0.3 is 0 Å². The molecule has 0 aliphatic carbocycles. The highest BCUT2D eigenvalue weighted by atomic mass is 16.6. The highest BCUT2D eigenvalue weighted by Crippen LogP contribution is 2.64. The van der Waals surface area contributed by atoms with E-state index < -0.39 is 22.4 Å². The van der Waals surface area contributed by atoms with Crippen LogP contribution in [0.5, 0.6) is 0 Å². The normalized spacial score (nSPS) is 52.0. The van der Waals surface area contributed by atoms with Gasteiger partial charge in [0, 0.05) is 39.6 Å². The van der Waals surface area contributed by atoms with Crippen molar-refractivity contribution in [3.05, 3.63) is 0 Å². The first-order valence-electron chi connectivity index (χ1n) is 12.6. The molecule has 0 aromatic carbocycles. The minimum absolute atomic E-state index is 0.0853. The van der Waals surface area contributed by atoms with Crippen molar-refractivity contribution in [1.29, 1.82) is 0 Å². The summed E-state index contributed by atoms with van der Waals surface area (Å²) in [5, 5.41) is 0. The van der Waals surface area contributed by atoms with E-state index in [1.807, 2.05) is 0 Å². The Morgan fingerprint density at radius 1 is 0.433 bits per heavy atom. The fourth-order valence-corrected chi connectivity index (χ4v) is 8.15. The molecule has 170 valence electrons. The van der Waals surface area contributed by atoms with Crippen molar-refractivity contribution in [2.24, 2.45) is 0 Å². The molecule has 6 nitrogen and oxygen atoms in total. The zero-order valence-corrected chi connectivity index (χ0v) is 18.3. The Morgan fingerprint density at radius 3 is 1.17 bits per heavy atom. The molecule has 6 heteroatoms. The van der Waals surface area contributed by atoms with E-state index in [1.165, 1.54) is 0 Å². The van der Waals surface area contributed by atoms with E-state index in [4.69, 9.17) is 28.4 Å². The van der Waals surface area contributed by atoms with E-state index in [0.717, 1.165) is 117 Å². The molecule has 0 radical (unpaired) electrons. The molecule has 6 aliphatic heterocycles. The van der Waals surface area contributed by atoms with Gasteiger partial charge in [0.1, 0.15) is 22.4 Å². The maximum atomic E-state index is 6.96. The topological polar surface area (TPSA) is 55.4 Å². The average Bonchev–Trinajstić information content (AvgIpc) is 3.64. The first-order valence-corrected chi connectivity index (χ1v) is 12.6. The Balaban J connectivity index is 1.52. The van der Waals surface area contributed by atoms with E-state index in [1.54, 1.807) is 0 Å². The fraction of sp³-hybridized carbons (Fsp3) is 1.00. The van der Waals surface area contributed by atoms with Crippen LogP contribution >= 0.6 is 0 Å². The highest BCUT2D eigenvalue weighted by Gasteiger charge is 2.78. The van der Waals surface area contributed by atoms with Crippen LogP contribution in [0, 0.1) is 0 Å². The minimum atomic E-state index is -0.529. The van der Waals surface area contributed by atoms with E-state index in [2.05, 4.69) is 0 Å². The SMILES string of the molecule is C1CO[C@@H]([C@]2([C@]3([C@@]4([C@]5([C@H]6CCCO6)CCCO5)CCCO4)CCCO3)CCCO2)C1. The molecule has 6 atom stereocenters. The van der Waals surface area contributed by atoms with Gasteiger partial charge in [0.25, 0.3) is 0 Å². The predicted molar refractivity (Wildman–Crippen MR) is 110 cm³/mol. The monoisotopic (exact) mass is 422 g/mol. The Morgan fingerprint density at radius 2 is 0.867 bits per heavy atom. The highest BCUT2D eigenvalue weighted by molar-refractivity contribution is 5.28. The van der Waals surface area contributed by atoms with Crippen LogP contribution in [-0.2, 0) is 28.4 Å². The largest absolute Gasteiger partial charge is 0.375 e. The third-order valence-corrected chi connectivity index (χ3v) is 9.07. The molecule has 0 spiro atoms. The molecule has 0 saturated carbocycles. The zero-order chi connectivity index (χ0) is 20.1. The van der Waals surface area contributed by atoms with Crippen molar-refractivity contribution >= 4 is 0 Å². The van der Waals surface area contributed by atoms with Gasteiger partial charge < -0.3 is 28.4 Å². The van der Waals surface area contributed by atoms with Gasteiger partial charge in [-0.25, -0.2) is 0 Å². The van der Waals surface area contributed by atoms with E-state index in [-0.39, 0.29) is 12.2 Å². The van der Waals surface area contributed by atoms with Gasteiger partial charge in [-0.15, -0.1) is 0 Å². The second-order valence-corrected chi connectivity index (χ2v) is 10.2. The third kappa shape index (κ3) is 2.52. The molecule has 6 fully saturated rings. The van der Waals surface area contributed by atoms with Crippen molar-refractivity contribution in [2.45, 2.75) is 112 Å². The number of ether oxygens (including phenoxy) is 6. The second-order valence-electron chi connectivity index (χ2n) is 10.2. The summed E-state index contributed by atoms with van der Waals surface area (Å²) in [5.74, 6) is 0. The van der Waals surface area contributed by atoms with Crippen LogP contribution in [0.3, 0.4) is 0 Å². The van der Waals surface area contributed by atoms with Crippen molar-refractivity contribution in [2.75, 3.05) is 39.6 Å². The quantitative estimate of drug-likeness (QED) is 0.676. The Hall–Kier alpha value is -0.240. The lowest BCUT2D eigenvalue weighted by atomic mass is 9.56. The zero-order valence-electron chi connectivity index (χ0n) is 18.3. The van der Waals surface area contributed by atoms with Crippen molar-refractivity contribution < 1.29 is 28.4 Å². The molecule has 6 heterocycles. The smallest absolute Gasteiger partial charge is 0.131 e. The molecule has 0 N–H and O–H groups in total. The number of hydrogen-bond donors (Lipinski definition) is 0. The molecule has 0 bridgehead atoms. The van der Waals surface area contributed by atoms with Crippen molar-refractivity contribution in [3.63, 3.8) is 0 Å². The molecule has 0 amide bonds. The Kier molecular flexibility index (Phi) is 5.21. The lowest BCUT2D eigenvalue weighted by molar-refractivity contribution is -0.335. The third-order valence-electron chi connectivity index (χ3n) is 9.07. The average molecular weight is 423 g/mol. The van der Waals surface area contributed by atoms with Gasteiger partial charge in [0.05, 0.1) is 12.2 Å². The maximum absolute atomic E-state index is 6.96. The van der Waals surface area contributed by atoms with Crippen LogP contribution in [0.4, 0.5) is 0 Å². The summed E-state index contributed by atoms with van der Waals surface area (Å²) in [6.07, 6.45) is 12.6. The molecular formula is C24H38O6. The van der Waals surface area contributed by atoms with Crippen LogP contribution < -0.4 is 0 Å². The van der Waals surface area contributed by atoms with E-state index in [9.17, 15) is 0 Å². The molecule has 0 aromatic heterocycles. The maximum Gasteiger partial charge on any atom is 0.131 e. The molecular weight excluding hydrogens is 384 g/mol. The molecule has 6 saturated heterocycles. The molecule has 0 unspecified atom stereocenters. The lowest BCUT2D eigenvalue weighted by Gasteiger charge is -2.61. The van der Waals surface area contributed by atoms with Crippen LogP contribution in [0.15, 0.2) is 0 Å². The summed E-state index contributed by atoms with van der Waals surface area (Å²) in [6.45, 7) is 4.76. The van der Waals surface area contributed by atoms with Gasteiger partial charge in [-0.2, -0.15) is 0 Å². The standard InChI is InChI=1S/C24H38O6/c1-7-19(25-13-1)21(9-3-15-27-21)23(11-5-17-29-23)24(12-6-18-30-24)22(10-4-16-28-22)20-8-2-14-26-20/h19-20H,1-18H2/t19-,20-,21-,22+,23+,24+/m1/s1. The second kappa shape index (κ2) is 7.67. The number of hydrogen-bond acceptors (Lipinski definition) is 6. The molecule has 30 heavy (non-hydrogen) atoms. The lowest BCUT2D eigenvalue weighted by Crippen LogP contribution is -2.79. The summed E-state index contributed by atoms with van der Waals surface area (Å²) in [4.78, 5) is 0. The van der Waals surface area contributed by atoms with Gasteiger partial charge in [-0.3, -0.25) is 0 Å². The summed E-state index contributed by atoms with van der Waals surface area (Å²) < 4.78 is 40.2. The molecule has 6 aliphatic rings. The number of rotatable bonds is 5. The first-order chi connectivity index (χ1) is 14.8. The summed E-state index contributed by atoms with van der Waals surface area (Å²) in [7, 11) is 0. The van der Waals surface area contributed by atoms with Crippen LogP contribution in [0.1, 0.15) is 77.0 Å². The van der Waals surface area contributed by atoms with Crippen LogP contribution in [0.25, 0.3) is 0 Å². The van der Waals surface area contributed by atoms with E-state index >= 15 is 0 Å². The van der Waals surface area contributed by atoms with Gasteiger partial charge in [0.2, 0.25) is 0 Å². The fourth-order valence-electron chi connectivity index (χ4n) is 8.15. The minimum Gasteiger partial charge on any atom is -0.375 e. The van der Waals surface area contributed by atoms with Crippen molar-refractivity contribution in [3.8, 4) is 0 Å². The summed E-state index contributed by atoms with van der Waals surface area (Å²) in [6, 6.07) is 0. The molecule has 0 aromatic rings.